The molecule has 0 rings (SSSR count). The molecule has 0 heterocycles. The topological polar surface area (TPSA) is 89.5 Å². The third kappa shape index (κ3) is 63.2. The summed E-state index contributed by atoms with van der Waals surface area (Å²) in [6.07, 6.45) is 47.9. The SMILES string of the molecule is CCCCCCCCCCCCCCCCC[CH2][Sn+2][CH2]CCCCCCCCCCCCCCCCC.ClCCl.O=[PH]([O-])O[PH](=O)[O-]. The molecule has 0 spiro atoms. The summed E-state index contributed by atoms with van der Waals surface area (Å²) in [6.45, 7) is 4.62. The minimum absolute atomic E-state index is 0.00985. The van der Waals surface area contributed by atoms with Gasteiger partial charge < -0.3 is 18.9 Å². The van der Waals surface area contributed by atoms with Crippen molar-refractivity contribution in [1.82, 2.24) is 0 Å². The fraction of sp³-hybridized carbons (Fsp3) is 1.00. The Morgan fingerprint density at radius 3 is 0.723 bits per heavy atom. The van der Waals surface area contributed by atoms with E-state index < -0.39 is 16.5 Å². The van der Waals surface area contributed by atoms with E-state index in [1.807, 2.05) is 0 Å². The fourth-order valence-corrected chi connectivity index (χ4v) is 9.90. The van der Waals surface area contributed by atoms with Crippen molar-refractivity contribution in [2.45, 2.75) is 228 Å². The van der Waals surface area contributed by atoms with Gasteiger partial charge in [0.05, 0.1) is 5.34 Å². The average Bonchev–Trinajstić information content (AvgIpc) is 3.03. The first-order chi connectivity index (χ1) is 23.0. The van der Waals surface area contributed by atoms with Gasteiger partial charge >= 0.3 is 171 Å². The average molecular weight is 855 g/mol. The van der Waals surface area contributed by atoms with Crippen molar-refractivity contribution in [3.05, 3.63) is 0 Å². The number of halogens is 2. The van der Waals surface area contributed by atoms with Gasteiger partial charge in [0.25, 0.3) is 0 Å². The first-order valence-corrected chi connectivity index (χ1v) is 27.4. The van der Waals surface area contributed by atoms with Crippen molar-refractivity contribution in [3.63, 3.8) is 0 Å². The predicted molar refractivity (Wildman–Crippen MR) is 210 cm³/mol. The third-order valence-electron chi connectivity index (χ3n) is 8.58. The molecule has 2 unspecified atom stereocenters. The van der Waals surface area contributed by atoms with Gasteiger partial charge in [-0.2, -0.15) is 0 Å². The van der Waals surface area contributed by atoms with Gasteiger partial charge in [0.1, 0.15) is 16.5 Å². The Morgan fingerprint density at radius 2 is 0.574 bits per heavy atom. The van der Waals surface area contributed by atoms with Crippen molar-refractivity contribution in [2.24, 2.45) is 0 Å². The number of unbranched alkanes of at least 4 members (excludes halogenated alkanes) is 30. The summed E-state index contributed by atoms with van der Waals surface area (Å²) in [5, 5.41) is 0.194. The molecule has 0 radical (unpaired) electrons. The quantitative estimate of drug-likeness (QED) is 0.0271. The Balaban J connectivity index is -0.00000167. The predicted octanol–water partition coefficient (Wildman–Crippen LogP) is 14.0. The van der Waals surface area contributed by atoms with Crippen LogP contribution in [0, 0.1) is 0 Å². The van der Waals surface area contributed by atoms with Gasteiger partial charge in [-0.1, -0.05) is 78.1 Å². The summed E-state index contributed by atoms with van der Waals surface area (Å²) >= 11 is 9.54. The van der Waals surface area contributed by atoms with E-state index in [-0.39, 0.29) is 26.5 Å². The van der Waals surface area contributed by atoms with Crippen LogP contribution in [0.3, 0.4) is 0 Å². The Hall–Kier alpha value is 1.72. The summed E-state index contributed by atoms with van der Waals surface area (Å²) in [7, 11) is -7.03. The molecule has 0 aliphatic rings. The Morgan fingerprint density at radius 1 is 0.404 bits per heavy atom. The molecule has 2 atom stereocenters. The molecular formula is C37H78Cl2O5P2Sn. The minimum Gasteiger partial charge on any atom is -0.781 e. The zero-order valence-corrected chi connectivity index (χ0v) is 37.4. The Labute approximate surface area is 315 Å². The molecule has 10 heteroatoms. The molecule has 0 aromatic carbocycles. The van der Waals surface area contributed by atoms with Crippen LogP contribution in [0.2, 0.25) is 8.87 Å². The van der Waals surface area contributed by atoms with E-state index >= 15 is 0 Å². The van der Waals surface area contributed by atoms with Crippen molar-refractivity contribution in [3.8, 4) is 0 Å². The Bertz CT molecular complexity index is 549. The normalized spacial score (nSPS) is 12.0. The van der Waals surface area contributed by atoms with E-state index in [0.717, 1.165) is 0 Å². The van der Waals surface area contributed by atoms with Crippen molar-refractivity contribution < 1.29 is 23.2 Å². The first kappa shape index (κ1) is 53.1. The summed E-state index contributed by atoms with van der Waals surface area (Å²) in [5.41, 5.74) is 0. The summed E-state index contributed by atoms with van der Waals surface area (Å²) in [6, 6.07) is 0. The molecule has 0 aliphatic carbocycles. The molecular weight excluding hydrogens is 776 g/mol. The second-order valence-electron chi connectivity index (χ2n) is 13.1. The monoisotopic (exact) mass is 854 g/mol. The zero-order chi connectivity index (χ0) is 35.3. The molecule has 284 valence electrons. The molecule has 5 nitrogen and oxygen atoms in total. The molecule has 0 amide bonds. The molecule has 0 aromatic heterocycles. The molecule has 0 fully saturated rings. The molecule has 47 heavy (non-hydrogen) atoms. The van der Waals surface area contributed by atoms with E-state index in [0.29, 0.717) is 0 Å². The van der Waals surface area contributed by atoms with Crippen molar-refractivity contribution in [1.29, 1.82) is 0 Å². The van der Waals surface area contributed by atoms with E-state index in [4.69, 9.17) is 23.2 Å². The number of rotatable bonds is 36. The van der Waals surface area contributed by atoms with Gasteiger partial charge in [-0.15, -0.1) is 23.2 Å². The van der Waals surface area contributed by atoms with Crippen LogP contribution in [0.25, 0.3) is 0 Å². The standard InChI is InChI=1S/2C18H37.CH2Cl2.H4O5P2.Sn/c2*1-3-5-7-9-11-13-15-17-18-16-14-12-10-8-6-4-2;2-1-3;1-6(2)5-7(3)4;/h2*1,3-18H2,2H3;1H2;6-7H,(H,1,2)(H,3,4);/q;;;;+2/p-2. The molecule has 0 N–H and O–H groups in total. The van der Waals surface area contributed by atoms with Crippen LogP contribution < -0.4 is 9.79 Å². The van der Waals surface area contributed by atoms with Crippen LogP contribution in [0.1, 0.15) is 219 Å². The van der Waals surface area contributed by atoms with Crippen LogP contribution in [0.4, 0.5) is 0 Å². The molecule has 0 bridgehead atoms. The number of hydrogen-bond acceptors (Lipinski definition) is 5. The maximum atomic E-state index is 9.29. The van der Waals surface area contributed by atoms with Crippen LogP contribution >= 0.6 is 39.7 Å². The number of alkyl halides is 2. The molecule has 0 aliphatic heterocycles. The van der Waals surface area contributed by atoms with E-state index in [1.54, 1.807) is 21.7 Å². The van der Waals surface area contributed by atoms with Crippen LogP contribution in [0.15, 0.2) is 0 Å². The van der Waals surface area contributed by atoms with Crippen molar-refractivity contribution in [2.75, 3.05) is 5.34 Å². The van der Waals surface area contributed by atoms with E-state index in [1.165, 1.54) is 193 Å². The van der Waals surface area contributed by atoms with Gasteiger partial charge in [-0.3, -0.25) is 4.31 Å². The van der Waals surface area contributed by atoms with Gasteiger partial charge in [0.15, 0.2) is 0 Å². The second-order valence-corrected chi connectivity index (χ2v) is 20.0. The van der Waals surface area contributed by atoms with Crippen molar-refractivity contribution >= 4 is 60.9 Å². The van der Waals surface area contributed by atoms with Gasteiger partial charge in [0.2, 0.25) is 0 Å². The molecule has 0 aromatic rings. The van der Waals surface area contributed by atoms with E-state index in [9.17, 15) is 18.9 Å². The van der Waals surface area contributed by atoms with Crippen LogP contribution in [-0.4, -0.2) is 26.5 Å². The minimum atomic E-state index is -3.51. The number of hydrogen-bond donors (Lipinski definition) is 0. The fourth-order valence-electron chi connectivity index (χ4n) is 5.79. The smallest absolute Gasteiger partial charge is 0.781 e. The zero-order valence-electron chi connectivity index (χ0n) is 31.0. The van der Waals surface area contributed by atoms with Crippen LogP contribution in [-0.2, 0) is 13.4 Å². The maximum absolute atomic E-state index is 9.29. The molecule has 0 saturated carbocycles. The summed E-state index contributed by atoms with van der Waals surface area (Å²) < 4.78 is 25.1. The summed E-state index contributed by atoms with van der Waals surface area (Å²) in [5.74, 6) is 0. The molecule has 0 saturated heterocycles. The van der Waals surface area contributed by atoms with E-state index in [2.05, 4.69) is 18.2 Å². The third-order valence-corrected chi connectivity index (χ3v) is 14.0. The van der Waals surface area contributed by atoms with Gasteiger partial charge in [-0.25, -0.2) is 0 Å². The second kappa shape index (κ2) is 52.1. The Kier molecular flexibility index (Phi) is 58.8. The van der Waals surface area contributed by atoms with Crippen LogP contribution in [0.5, 0.6) is 0 Å². The van der Waals surface area contributed by atoms with Gasteiger partial charge in [0, 0.05) is 0 Å². The summed E-state index contributed by atoms with van der Waals surface area (Å²) in [4.78, 5) is 18.6. The first-order valence-electron chi connectivity index (χ1n) is 19.9. The van der Waals surface area contributed by atoms with Gasteiger partial charge in [-0.05, 0) is 0 Å².